The first-order valence-electron chi connectivity index (χ1n) is 4.50. The summed E-state index contributed by atoms with van der Waals surface area (Å²) in [6, 6.07) is 4.61. The number of rotatable bonds is 2. The fourth-order valence-electron chi connectivity index (χ4n) is 1.37. The number of thiocarbonyl (C=S) groups is 1. The van der Waals surface area contributed by atoms with Gasteiger partial charge in [0.25, 0.3) is 0 Å². The lowest BCUT2D eigenvalue weighted by molar-refractivity contribution is 0.951. The van der Waals surface area contributed by atoms with Crippen molar-refractivity contribution in [2.75, 3.05) is 0 Å². The van der Waals surface area contributed by atoms with Gasteiger partial charge in [-0.15, -0.1) is 0 Å². The molecule has 88 valence electrons. The van der Waals surface area contributed by atoms with E-state index in [0.717, 1.165) is 4.57 Å². The van der Waals surface area contributed by atoms with Gasteiger partial charge in [0.05, 0.1) is 10.7 Å². The van der Waals surface area contributed by atoms with Gasteiger partial charge in [-0.1, -0.05) is 29.9 Å². The van der Waals surface area contributed by atoms with E-state index in [1.165, 1.54) is 12.1 Å². The highest BCUT2D eigenvalue weighted by Crippen LogP contribution is 2.19. The topological polar surface area (TPSA) is 96.7 Å². The van der Waals surface area contributed by atoms with Gasteiger partial charge in [-0.3, -0.25) is 0 Å². The van der Waals surface area contributed by atoms with Gasteiger partial charge < -0.3 is 5.73 Å². The van der Waals surface area contributed by atoms with Gasteiger partial charge in [-0.25, -0.2) is 24.4 Å². The van der Waals surface area contributed by atoms with Crippen molar-refractivity contribution < 1.29 is 0 Å². The normalized spacial score (nSPS) is 10.4. The number of H-pyrrole nitrogens is 2. The first-order chi connectivity index (χ1) is 8.00. The second-order valence-corrected chi connectivity index (χ2v) is 4.07. The number of hydrogen-bond acceptors (Lipinski definition) is 3. The van der Waals surface area contributed by atoms with Gasteiger partial charge >= 0.3 is 11.4 Å². The number of nitrogens with zero attached hydrogens (tertiary/aromatic N) is 1. The number of nitrogens with one attached hydrogen (secondary N) is 2. The lowest BCUT2D eigenvalue weighted by atomic mass is 10.2. The summed E-state index contributed by atoms with van der Waals surface area (Å²) in [6.45, 7) is 0. The van der Waals surface area contributed by atoms with E-state index < -0.39 is 11.4 Å². The predicted octanol–water partition coefficient (Wildman–Crippen LogP) is 0.141. The average Bonchev–Trinajstić information content (AvgIpc) is 2.59. The van der Waals surface area contributed by atoms with Crippen molar-refractivity contribution in [2.24, 2.45) is 5.73 Å². The van der Waals surface area contributed by atoms with Crippen molar-refractivity contribution >= 4 is 28.8 Å². The molecule has 0 amide bonds. The standard InChI is InChI=1S/C9H7ClN4O2S/c10-5-2-1-4(7(11)17)3-6(5)14-8(15)12-13-9(14)16/h1-3H,(H2,11,17)(H,12,15)(H,13,16). The largest absolute Gasteiger partial charge is 0.389 e. The smallest absolute Gasteiger partial charge is 0.349 e. The Morgan fingerprint density at radius 2 is 1.88 bits per heavy atom. The van der Waals surface area contributed by atoms with Gasteiger partial charge in [-0.05, 0) is 12.1 Å². The molecule has 0 radical (unpaired) electrons. The van der Waals surface area contributed by atoms with Crippen LogP contribution in [0.3, 0.4) is 0 Å². The number of halogens is 1. The highest BCUT2D eigenvalue weighted by Gasteiger charge is 2.11. The van der Waals surface area contributed by atoms with Crippen molar-refractivity contribution in [3.63, 3.8) is 0 Å². The predicted molar refractivity (Wildman–Crippen MR) is 67.9 cm³/mol. The molecule has 8 heteroatoms. The molecule has 1 aromatic carbocycles. The molecule has 4 N–H and O–H groups in total. The molecule has 0 saturated carbocycles. The molecular weight excluding hydrogens is 264 g/mol. The van der Waals surface area contributed by atoms with E-state index in [0.29, 0.717) is 5.56 Å². The molecule has 0 unspecified atom stereocenters. The first-order valence-corrected chi connectivity index (χ1v) is 5.29. The Balaban J connectivity index is 2.75. The molecule has 6 nitrogen and oxygen atoms in total. The van der Waals surface area contributed by atoms with Gasteiger partial charge in [0.2, 0.25) is 0 Å². The van der Waals surface area contributed by atoms with Gasteiger partial charge in [0, 0.05) is 5.56 Å². The van der Waals surface area contributed by atoms with Crippen LogP contribution >= 0.6 is 23.8 Å². The van der Waals surface area contributed by atoms with Crippen molar-refractivity contribution in [2.45, 2.75) is 0 Å². The Bertz CT molecular complexity index is 672. The van der Waals surface area contributed by atoms with Crippen LogP contribution in [0.5, 0.6) is 0 Å². The summed E-state index contributed by atoms with van der Waals surface area (Å²) in [6.07, 6.45) is 0. The molecule has 2 rings (SSSR count). The van der Waals surface area contributed by atoms with Gasteiger partial charge in [0.15, 0.2) is 0 Å². The molecule has 0 aliphatic rings. The Morgan fingerprint density at radius 1 is 1.29 bits per heavy atom. The molecule has 1 aromatic heterocycles. The number of benzene rings is 1. The molecule has 1 heterocycles. The molecule has 0 fully saturated rings. The van der Waals surface area contributed by atoms with Crippen LogP contribution in [0.25, 0.3) is 5.69 Å². The zero-order valence-corrected chi connectivity index (χ0v) is 9.93. The highest BCUT2D eigenvalue weighted by molar-refractivity contribution is 7.80. The molecule has 17 heavy (non-hydrogen) atoms. The van der Waals surface area contributed by atoms with E-state index in [1.54, 1.807) is 6.07 Å². The monoisotopic (exact) mass is 270 g/mol. The molecule has 0 bridgehead atoms. The van der Waals surface area contributed by atoms with Gasteiger partial charge in [0.1, 0.15) is 4.99 Å². The summed E-state index contributed by atoms with van der Waals surface area (Å²) in [5.41, 5.74) is 4.99. The third-order valence-electron chi connectivity index (χ3n) is 2.15. The molecule has 2 aromatic rings. The molecule has 0 atom stereocenters. The van der Waals surface area contributed by atoms with Crippen LogP contribution in [0.15, 0.2) is 27.8 Å². The van der Waals surface area contributed by atoms with Crippen LogP contribution < -0.4 is 17.1 Å². The highest BCUT2D eigenvalue weighted by atomic mass is 35.5. The van der Waals surface area contributed by atoms with E-state index in [2.05, 4.69) is 10.2 Å². The molecule has 0 saturated heterocycles. The van der Waals surface area contributed by atoms with Crippen LogP contribution in [0.1, 0.15) is 5.56 Å². The van der Waals surface area contributed by atoms with E-state index in [-0.39, 0.29) is 15.7 Å². The van der Waals surface area contributed by atoms with Crippen molar-refractivity contribution in [1.82, 2.24) is 14.8 Å². The first kappa shape index (κ1) is 11.6. The Morgan fingerprint density at radius 3 is 2.41 bits per heavy atom. The lowest BCUT2D eigenvalue weighted by Gasteiger charge is -2.05. The Labute approximate surface area is 105 Å². The maximum atomic E-state index is 11.4. The number of hydrogen-bond donors (Lipinski definition) is 3. The minimum Gasteiger partial charge on any atom is -0.389 e. The fourth-order valence-corrected chi connectivity index (χ4v) is 1.70. The van der Waals surface area contributed by atoms with E-state index >= 15 is 0 Å². The summed E-state index contributed by atoms with van der Waals surface area (Å²) in [4.78, 5) is 23.0. The summed E-state index contributed by atoms with van der Waals surface area (Å²) < 4.78 is 0.865. The molecular formula is C9H7ClN4O2S. The summed E-state index contributed by atoms with van der Waals surface area (Å²) >= 11 is 10.7. The molecule has 0 aliphatic carbocycles. The quantitative estimate of drug-likeness (QED) is 0.677. The second kappa shape index (κ2) is 4.19. The summed E-state index contributed by atoms with van der Waals surface area (Å²) in [7, 11) is 0. The van der Waals surface area contributed by atoms with Crippen LogP contribution in [-0.2, 0) is 0 Å². The van der Waals surface area contributed by atoms with E-state index in [1.807, 2.05) is 0 Å². The Kier molecular flexibility index (Phi) is 2.86. The third kappa shape index (κ3) is 2.02. The zero-order chi connectivity index (χ0) is 12.6. The van der Waals surface area contributed by atoms with E-state index in [4.69, 9.17) is 29.6 Å². The van der Waals surface area contributed by atoms with Crippen molar-refractivity contribution in [3.05, 3.63) is 49.8 Å². The van der Waals surface area contributed by atoms with Crippen molar-refractivity contribution in [1.29, 1.82) is 0 Å². The minimum absolute atomic E-state index is 0.155. The minimum atomic E-state index is -0.614. The SMILES string of the molecule is NC(=S)c1ccc(Cl)c(-n2c(=O)[nH][nH]c2=O)c1. The summed E-state index contributed by atoms with van der Waals surface area (Å²) in [5.74, 6) is 0. The van der Waals surface area contributed by atoms with Crippen LogP contribution in [0.4, 0.5) is 0 Å². The van der Waals surface area contributed by atoms with Gasteiger partial charge in [-0.2, -0.15) is 0 Å². The zero-order valence-electron chi connectivity index (χ0n) is 8.36. The van der Waals surface area contributed by atoms with Crippen molar-refractivity contribution in [3.8, 4) is 5.69 Å². The van der Waals surface area contributed by atoms with Crippen LogP contribution in [-0.4, -0.2) is 19.8 Å². The molecule has 0 spiro atoms. The second-order valence-electron chi connectivity index (χ2n) is 3.23. The van der Waals surface area contributed by atoms with E-state index in [9.17, 15) is 9.59 Å². The third-order valence-corrected chi connectivity index (χ3v) is 2.71. The maximum Gasteiger partial charge on any atom is 0.349 e. The van der Waals surface area contributed by atoms with Crippen LogP contribution in [0.2, 0.25) is 5.02 Å². The Hall–Kier alpha value is -1.86. The lowest BCUT2D eigenvalue weighted by Crippen LogP contribution is -2.25. The average molecular weight is 271 g/mol. The number of nitrogens with two attached hydrogens (primary N) is 1. The molecule has 0 aliphatic heterocycles. The maximum absolute atomic E-state index is 11.4. The summed E-state index contributed by atoms with van der Waals surface area (Å²) in [5, 5.41) is 4.56. The fraction of sp³-hybridized carbons (Fsp3) is 0. The number of aromatic nitrogens is 3. The van der Waals surface area contributed by atoms with Crippen LogP contribution in [0, 0.1) is 0 Å². The number of aromatic amines is 2.